The van der Waals surface area contributed by atoms with Gasteiger partial charge < -0.3 is 15.6 Å². The molecular weight excluding hydrogens is 274 g/mol. The third-order valence-corrected chi connectivity index (χ3v) is 3.65. The Morgan fingerprint density at radius 3 is 2.50 bits per heavy atom. The fourth-order valence-corrected chi connectivity index (χ4v) is 2.36. The van der Waals surface area contributed by atoms with Crippen LogP contribution in [0.3, 0.4) is 0 Å². The van der Waals surface area contributed by atoms with E-state index in [1.807, 2.05) is 36.4 Å². The van der Waals surface area contributed by atoms with Crippen molar-refractivity contribution in [3.63, 3.8) is 0 Å². The Morgan fingerprint density at radius 1 is 1.20 bits per heavy atom. The lowest BCUT2D eigenvalue weighted by molar-refractivity contribution is 0.370. The van der Waals surface area contributed by atoms with Crippen molar-refractivity contribution in [2.45, 2.75) is 12.3 Å². The first-order valence-electron chi connectivity index (χ1n) is 6.46. The van der Waals surface area contributed by atoms with Crippen molar-refractivity contribution in [1.82, 2.24) is 0 Å². The number of phenolic OH excluding ortho intramolecular Hbond substituents is 1. The van der Waals surface area contributed by atoms with Gasteiger partial charge >= 0.3 is 0 Å². The van der Waals surface area contributed by atoms with Crippen molar-refractivity contribution < 1.29 is 9.84 Å². The molecule has 0 aliphatic carbocycles. The average molecular weight is 292 g/mol. The van der Waals surface area contributed by atoms with Crippen LogP contribution >= 0.6 is 11.6 Å². The highest BCUT2D eigenvalue weighted by atomic mass is 35.5. The number of rotatable bonds is 5. The van der Waals surface area contributed by atoms with Crippen LogP contribution in [0.4, 0.5) is 0 Å². The number of nitrogens with two attached hydrogens (primary N) is 1. The highest BCUT2D eigenvalue weighted by Crippen LogP contribution is 2.33. The number of ether oxygens (including phenoxy) is 1. The van der Waals surface area contributed by atoms with E-state index in [0.717, 1.165) is 11.1 Å². The van der Waals surface area contributed by atoms with E-state index in [1.54, 1.807) is 13.2 Å². The van der Waals surface area contributed by atoms with Crippen molar-refractivity contribution in [3.05, 3.63) is 58.6 Å². The molecule has 0 amide bonds. The first-order chi connectivity index (χ1) is 9.65. The molecule has 0 fully saturated rings. The minimum atomic E-state index is 0.130. The molecule has 0 saturated heterocycles. The van der Waals surface area contributed by atoms with E-state index in [1.165, 1.54) is 0 Å². The highest BCUT2D eigenvalue weighted by molar-refractivity contribution is 6.30. The normalized spacial score (nSPS) is 12.2. The molecule has 0 heterocycles. The topological polar surface area (TPSA) is 55.5 Å². The van der Waals surface area contributed by atoms with Crippen molar-refractivity contribution in [2.24, 2.45) is 5.73 Å². The van der Waals surface area contributed by atoms with Crippen molar-refractivity contribution in [3.8, 4) is 11.5 Å². The molecule has 2 rings (SSSR count). The van der Waals surface area contributed by atoms with Crippen LogP contribution in [0.25, 0.3) is 0 Å². The van der Waals surface area contributed by atoms with Crippen LogP contribution in [0.2, 0.25) is 5.02 Å². The van der Waals surface area contributed by atoms with Gasteiger partial charge in [0.1, 0.15) is 0 Å². The van der Waals surface area contributed by atoms with Crippen LogP contribution in [-0.4, -0.2) is 18.8 Å². The Balaban J connectivity index is 2.24. The van der Waals surface area contributed by atoms with Crippen LogP contribution in [0, 0.1) is 0 Å². The lowest BCUT2D eigenvalue weighted by Gasteiger charge is -2.17. The fraction of sp³-hybridized carbons (Fsp3) is 0.250. The van der Waals surface area contributed by atoms with Crippen LogP contribution < -0.4 is 10.5 Å². The molecule has 0 spiro atoms. The summed E-state index contributed by atoms with van der Waals surface area (Å²) in [5.41, 5.74) is 7.80. The highest BCUT2D eigenvalue weighted by Gasteiger charge is 2.15. The van der Waals surface area contributed by atoms with Gasteiger partial charge in [-0.25, -0.2) is 0 Å². The quantitative estimate of drug-likeness (QED) is 0.888. The molecule has 0 aliphatic heterocycles. The summed E-state index contributed by atoms with van der Waals surface area (Å²) in [6, 6.07) is 13.1. The Bertz CT molecular complexity index is 569. The number of benzene rings is 2. The summed E-state index contributed by atoms with van der Waals surface area (Å²) in [4.78, 5) is 0. The molecule has 0 aromatic heterocycles. The number of methoxy groups -OCH3 is 1. The Labute approximate surface area is 123 Å². The predicted molar refractivity (Wildman–Crippen MR) is 81.6 cm³/mol. The minimum Gasteiger partial charge on any atom is -0.504 e. The molecule has 0 radical (unpaired) electrons. The summed E-state index contributed by atoms with van der Waals surface area (Å²) in [5.74, 6) is 0.794. The van der Waals surface area contributed by atoms with E-state index in [4.69, 9.17) is 22.1 Å². The van der Waals surface area contributed by atoms with Gasteiger partial charge in [-0.1, -0.05) is 35.9 Å². The molecule has 2 aromatic carbocycles. The van der Waals surface area contributed by atoms with Crippen molar-refractivity contribution >= 4 is 11.6 Å². The summed E-state index contributed by atoms with van der Waals surface area (Å²) in [5, 5.41) is 10.8. The monoisotopic (exact) mass is 291 g/mol. The van der Waals surface area contributed by atoms with Gasteiger partial charge in [0.2, 0.25) is 0 Å². The third kappa shape index (κ3) is 3.24. The molecule has 4 heteroatoms. The standard InChI is InChI=1S/C16H18ClNO2/c1-20-15-4-2-3-12(16(15)19)9-13(10-18)11-5-7-14(17)8-6-11/h2-8,13,19H,9-10,18H2,1H3. The summed E-state index contributed by atoms with van der Waals surface area (Å²) >= 11 is 5.90. The van der Waals surface area contributed by atoms with Gasteiger partial charge in [0.25, 0.3) is 0 Å². The van der Waals surface area contributed by atoms with Gasteiger partial charge in [-0.3, -0.25) is 0 Å². The number of halogens is 1. The van der Waals surface area contributed by atoms with Gasteiger partial charge in [0.15, 0.2) is 11.5 Å². The number of hydrogen-bond acceptors (Lipinski definition) is 3. The molecule has 0 saturated carbocycles. The lowest BCUT2D eigenvalue weighted by Crippen LogP contribution is -2.15. The Hall–Kier alpha value is -1.71. The number of hydrogen-bond donors (Lipinski definition) is 2. The van der Waals surface area contributed by atoms with E-state index < -0.39 is 0 Å². The fourth-order valence-electron chi connectivity index (χ4n) is 2.23. The van der Waals surface area contributed by atoms with E-state index in [-0.39, 0.29) is 11.7 Å². The maximum Gasteiger partial charge on any atom is 0.160 e. The largest absolute Gasteiger partial charge is 0.504 e. The zero-order chi connectivity index (χ0) is 14.5. The maximum absolute atomic E-state index is 10.1. The van der Waals surface area contributed by atoms with Gasteiger partial charge in [-0.2, -0.15) is 0 Å². The second-order valence-corrected chi connectivity index (χ2v) is 5.09. The SMILES string of the molecule is COc1cccc(CC(CN)c2ccc(Cl)cc2)c1O. The third-order valence-electron chi connectivity index (χ3n) is 3.39. The lowest BCUT2D eigenvalue weighted by atomic mass is 9.91. The minimum absolute atomic E-state index is 0.130. The van der Waals surface area contributed by atoms with E-state index in [9.17, 15) is 5.11 Å². The van der Waals surface area contributed by atoms with Crippen LogP contribution in [0.5, 0.6) is 11.5 Å². The smallest absolute Gasteiger partial charge is 0.160 e. The zero-order valence-electron chi connectivity index (χ0n) is 11.3. The molecule has 3 N–H and O–H groups in total. The second-order valence-electron chi connectivity index (χ2n) is 4.66. The summed E-state index contributed by atoms with van der Waals surface area (Å²) in [6.07, 6.45) is 0.654. The molecular formula is C16H18ClNO2. The maximum atomic E-state index is 10.1. The first kappa shape index (κ1) is 14.7. The zero-order valence-corrected chi connectivity index (χ0v) is 12.1. The summed E-state index contributed by atoms with van der Waals surface area (Å²) in [7, 11) is 1.54. The number of aromatic hydroxyl groups is 1. The molecule has 0 bridgehead atoms. The van der Waals surface area contributed by atoms with Gasteiger partial charge in [0, 0.05) is 10.9 Å². The molecule has 20 heavy (non-hydrogen) atoms. The number of para-hydroxylation sites is 1. The van der Waals surface area contributed by atoms with Crippen molar-refractivity contribution in [1.29, 1.82) is 0 Å². The summed E-state index contributed by atoms with van der Waals surface area (Å²) in [6.45, 7) is 0.498. The van der Waals surface area contributed by atoms with E-state index >= 15 is 0 Å². The van der Waals surface area contributed by atoms with Gasteiger partial charge in [0.05, 0.1) is 7.11 Å². The van der Waals surface area contributed by atoms with E-state index in [2.05, 4.69) is 0 Å². The molecule has 2 aromatic rings. The molecule has 1 unspecified atom stereocenters. The second kappa shape index (κ2) is 6.64. The predicted octanol–water partition coefficient (Wildman–Crippen LogP) is 3.34. The average Bonchev–Trinajstić information content (AvgIpc) is 2.47. The van der Waals surface area contributed by atoms with Crippen LogP contribution in [-0.2, 0) is 6.42 Å². The summed E-state index contributed by atoms with van der Waals surface area (Å²) < 4.78 is 5.12. The molecule has 106 valence electrons. The van der Waals surface area contributed by atoms with Crippen LogP contribution in [0.1, 0.15) is 17.0 Å². The molecule has 3 nitrogen and oxygen atoms in total. The molecule has 1 atom stereocenters. The Kier molecular flexibility index (Phi) is 4.88. The van der Waals surface area contributed by atoms with Gasteiger partial charge in [-0.05, 0) is 42.3 Å². The molecule has 0 aliphatic rings. The van der Waals surface area contributed by atoms with Crippen molar-refractivity contribution in [2.75, 3.05) is 13.7 Å². The van der Waals surface area contributed by atoms with Gasteiger partial charge in [-0.15, -0.1) is 0 Å². The number of phenols is 1. The first-order valence-corrected chi connectivity index (χ1v) is 6.84. The van der Waals surface area contributed by atoms with E-state index in [0.29, 0.717) is 23.7 Å². The Morgan fingerprint density at radius 2 is 1.90 bits per heavy atom. The van der Waals surface area contributed by atoms with Crippen LogP contribution in [0.15, 0.2) is 42.5 Å².